The number of nitrogens with zero attached hydrogens (tertiary/aromatic N) is 1. The van der Waals surface area contributed by atoms with Crippen LogP contribution in [0, 0.1) is 5.92 Å². The third-order valence-corrected chi connectivity index (χ3v) is 5.51. The highest BCUT2D eigenvalue weighted by Gasteiger charge is 2.27. The fourth-order valence-corrected chi connectivity index (χ4v) is 3.66. The van der Waals surface area contributed by atoms with E-state index in [1.165, 1.54) is 0 Å². The molecule has 0 radical (unpaired) electrons. The van der Waals surface area contributed by atoms with Crippen molar-refractivity contribution in [3.05, 3.63) is 58.6 Å². The first-order chi connectivity index (χ1) is 14.5. The van der Waals surface area contributed by atoms with Gasteiger partial charge in [0, 0.05) is 36.0 Å². The number of ketones is 1. The molecule has 1 saturated heterocycles. The van der Waals surface area contributed by atoms with E-state index >= 15 is 0 Å². The summed E-state index contributed by atoms with van der Waals surface area (Å²) in [6.07, 6.45) is 2.36. The predicted molar refractivity (Wildman–Crippen MR) is 117 cm³/mol. The second kappa shape index (κ2) is 11.2. The van der Waals surface area contributed by atoms with E-state index in [9.17, 15) is 9.59 Å². The SMILES string of the molecule is O=C(COc1ccc(Cl)cc1)CC1CCN(CCCOc2ccc(Cl)cc2)C(=O)C1. The molecule has 1 unspecified atom stereocenters. The van der Waals surface area contributed by atoms with Crippen molar-refractivity contribution in [1.29, 1.82) is 0 Å². The molecule has 2 aromatic carbocycles. The second-order valence-corrected chi connectivity index (χ2v) is 8.25. The number of hydrogen-bond donors (Lipinski definition) is 0. The maximum Gasteiger partial charge on any atom is 0.222 e. The molecular formula is C23H25Cl2NO4. The summed E-state index contributed by atoms with van der Waals surface area (Å²) in [4.78, 5) is 26.5. The van der Waals surface area contributed by atoms with Gasteiger partial charge in [0.05, 0.1) is 6.61 Å². The summed E-state index contributed by atoms with van der Waals surface area (Å²) in [5.41, 5.74) is 0. The van der Waals surface area contributed by atoms with Crippen LogP contribution < -0.4 is 9.47 Å². The number of amides is 1. The molecule has 7 heteroatoms. The summed E-state index contributed by atoms with van der Waals surface area (Å²) >= 11 is 11.7. The summed E-state index contributed by atoms with van der Waals surface area (Å²) < 4.78 is 11.2. The first-order valence-corrected chi connectivity index (χ1v) is 10.8. The zero-order valence-corrected chi connectivity index (χ0v) is 18.2. The number of rotatable bonds is 10. The molecule has 30 heavy (non-hydrogen) atoms. The zero-order chi connectivity index (χ0) is 21.3. The Kier molecular flexibility index (Phi) is 8.40. The van der Waals surface area contributed by atoms with Crippen LogP contribution in [0.25, 0.3) is 0 Å². The van der Waals surface area contributed by atoms with Crippen LogP contribution in [0.5, 0.6) is 11.5 Å². The molecule has 0 aliphatic carbocycles. The van der Waals surface area contributed by atoms with Gasteiger partial charge in [0.2, 0.25) is 5.91 Å². The van der Waals surface area contributed by atoms with Gasteiger partial charge in [-0.3, -0.25) is 9.59 Å². The number of likely N-dealkylation sites (tertiary alicyclic amines) is 1. The average molecular weight is 450 g/mol. The van der Waals surface area contributed by atoms with Crippen LogP contribution in [0.15, 0.2) is 48.5 Å². The lowest BCUT2D eigenvalue weighted by Gasteiger charge is -2.31. The first-order valence-electron chi connectivity index (χ1n) is 10.1. The Labute approximate surface area is 186 Å². The lowest BCUT2D eigenvalue weighted by Crippen LogP contribution is -2.40. The van der Waals surface area contributed by atoms with Crippen molar-refractivity contribution in [3.8, 4) is 11.5 Å². The molecule has 1 heterocycles. The minimum absolute atomic E-state index is 0.00700. The number of benzene rings is 2. The Morgan fingerprint density at radius 2 is 1.57 bits per heavy atom. The third-order valence-electron chi connectivity index (χ3n) is 5.01. The van der Waals surface area contributed by atoms with Gasteiger partial charge in [-0.25, -0.2) is 0 Å². The normalized spacial score (nSPS) is 16.4. The van der Waals surface area contributed by atoms with E-state index in [-0.39, 0.29) is 24.2 Å². The first kappa shape index (κ1) is 22.4. The maximum atomic E-state index is 12.4. The fraction of sp³-hybridized carbons (Fsp3) is 0.391. The number of ether oxygens (including phenoxy) is 2. The highest BCUT2D eigenvalue weighted by atomic mass is 35.5. The van der Waals surface area contributed by atoms with Crippen LogP contribution in [-0.4, -0.2) is 42.9 Å². The Morgan fingerprint density at radius 1 is 0.967 bits per heavy atom. The Hall–Kier alpha value is -2.24. The molecule has 0 spiro atoms. The van der Waals surface area contributed by atoms with E-state index in [1.54, 1.807) is 36.4 Å². The number of piperidine rings is 1. The van der Waals surface area contributed by atoms with Gasteiger partial charge in [-0.15, -0.1) is 0 Å². The zero-order valence-electron chi connectivity index (χ0n) is 16.7. The molecule has 1 fully saturated rings. The van der Waals surface area contributed by atoms with E-state index in [2.05, 4.69) is 0 Å². The summed E-state index contributed by atoms with van der Waals surface area (Å²) in [6.45, 7) is 1.88. The highest BCUT2D eigenvalue weighted by molar-refractivity contribution is 6.30. The lowest BCUT2D eigenvalue weighted by atomic mass is 9.91. The number of halogens is 2. The monoisotopic (exact) mass is 449 g/mol. The smallest absolute Gasteiger partial charge is 0.222 e. The van der Waals surface area contributed by atoms with Crippen molar-refractivity contribution < 1.29 is 19.1 Å². The van der Waals surface area contributed by atoms with Crippen LogP contribution in [0.2, 0.25) is 10.0 Å². The molecule has 0 saturated carbocycles. The molecule has 0 aromatic heterocycles. The highest BCUT2D eigenvalue weighted by Crippen LogP contribution is 2.23. The molecule has 1 amide bonds. The van der Waals surface area contributed by atoms with Crippen molar-refractivity contribution >= 4 is 34.9 Å². The quantitative estimate of drug-likeness (QED) is 0.476. The van der Waals surface area contributed by atoms with E-state index in [0.29, 0.717) is 48.3 Å². The Bertz CT molecular complexity index is 839. The number of carbonyl (C=O) groups excluding carboxylic acids is 2. The lowest BCUT2D eigenvalue weighted by molar-refractivity contribution is -0.135. The van der Waals surface area contributed by atoms with Crippen LogP contribution in [0.1, 0.15) is 25.7 Å². The van der Waals surface area contributed by atoms with Crippen molar-refractivity contribution in [1.82, 2.24) is 4.90 Å². The fourth-order valence-electron chi connectivity index (χ4n) is 3.40. The third kappa shape index (κ3) is 7.22. The van der Waals surface area contributed by atoms with E-state index in [0.717, 1.165) is 18.6 Å². The number of Topliss-reactive ketones (excluding diaryl/α,β-unsaturated/α-hetero) is 1. The van der Waals surface area contributed by atoms with E-state index in [1.807, 2.05) is 17.0 Å². The molecule has 0 bridgehead atoms. The van der Waals surface area contributed by atoms with Crippen LogP contribution >= 0.6 is 23.2 Å². The van der Waals surface area contributed by atoms with Gasteiger partial charge < -0.3 is 14.4 Å². The van der Waals surface area contributed by atoms with Crippen molar-refractivity contribution in [2.24, 2.45) is 5.92 Å². The van der Waals surface area contributed by atoms with Crippen molar-refractivity contribution in [2.45, 2.75) is 25.7 Å². The Balaban J connectivity index is 1.32. The van der Waals surface area contributed by atoms with Gasteiger partial charge in [-0.2, -0.15) is 0 Å². The molecular weight excluding hydrogens is 425 g/mol. The summed E-state index contributed by atoms with van der Waals surface area (Å²) in [6, 6.07) is 14.1. The van der Waals surface area contributed by atoms with Crippen LogP contribution in [0.3, 0.4) is 0 Å². The number of hydrogen-bond acceptors (Lipinski definition) is 4. The van der Waals surface area contributed by atoms with Gasteiger partial charge >= 0.3 is 0 Å². The van der Waals surface area contributed by atoms with Gasteiger partial charge in [0.15, 0.2) is 5.78 Å². The van der Waals surface area contributed by atoms with Gasteiger partial charge in [0.1, 0.15) is 18.1 Å². The standard InChI is InChI=1S/C23H25Cl2NO4/c24-18-2-6-21(7-3-18)29-13-1-11-26-12-10-17(15-23(26)28)14-20(27)16-30-22-8-4-19(25)5-9-22/h2-9,17H,1,10-16H2. The maximum absolute atomic E-state index is 12.4. The summed E-state index contributed by atoms with van der Waals surface area (Å²) in [5, 5.41) is 1.29. The molecule has 1 aliphatic rings. The van der Waals surface area contributed by atoms with Crippen molar-refractivity contribution in [3.63, 3.8) is 0 Å². The van der Waals surface area contributed by atoms with E-state index < -0.39 is 0 Å². The second-order valence-electron chi connectivity index (χ2n) is 7.38. The average Bonchev–Trinajstić information content (AvgIpc) is 2.73. The molecule has 0 N–H and O–H groups in total. The molecule has 3 rings (SSSR count). The van der Waals surface area contributed by atoms with Crippen molar-refractivity contribution in [2.75, 3.05) is 26.3 Å². The largest absolute Gasteiger partial charge is 0.494 e. The Morgan fingerprint density at radius 3 is 2.17 bits per heavy atom. The molecule has 160 valence electrons. The van der Waals surface area contributed by atoms with Crippen LogP contribution in [0.4, 0.5) is 0 Å². The van der Waals surface area contributed by atoms with Gasteiger partial charge in [-0.05, 0) is 67.3 Å². The summed E-state index contributed by atoms with van der Waals surface area (Å²) in [7, 11) is 0. The number of carbonyl (C=O) groups is 2. The summed E-state index contributed by atoms with van der Waals surface area (Å²) in [5.74, 6) is 1.57. The molecule has 1 aliphatic heterocycles. The molecule has 2 aromatic rings. The molecule has 5 nitrogen and oxygen atoms in total. The molecule has 1 atom stereocenters. The predicted octanol–water partition coefficient (Wildman–Crippen LogP) is 5.04. The minimum atomic E-state index is 0.00700. The topological polar surface area (TPSA) is 55.8 Å². The van der Waals surface area contributed by atoms with Crippen LogP contribution in [-0.2, 0) is 9.59 Å². The van der Waals surface area contributed by atoms with Gasteiger partial charge in [-0.1, -0.05) is 23.2 Å². The van der Waals surface area contributed by atoms with Gasteiger partial charge in [0.25, 0.3) is 0 Å². The minimum Gasteiger partial charge on any atom is -0.494 e. The van der Waals surface area contributed by atoms with E-state index in [4.69, 9.17) is 32.7 Å².